The van der Waals surface area contributed by atoms with Crippen LogP contribution in [0.25, 0.3) is 0 Å². The Bertz CT molecular complexity index is 284. The van der Waals surface area contributed by atoms with Gasteiger partial charge >= 0.3 is 11.9 Å². The van der Waals surface area contributed by atoms with Crippen molar-refractivity contribution < 1.29 is 35.1 Å². The molecule has 1 unspecified atom stereocenters. The van der Waals surface area contributed by atoms with Gasteiger partial charge in [-0.05, 0) is 26.7 Å². The number of carboxylic acid groups (broad SMARTS) is 2. The van der Waals surface area contributed by atoms with Crippen molar-refractivity contribution in [3.05, 3.63) is 0 Å². The number of rotatable bonds is 7. The number of aliphatic hydroxyl groups excluding tert-OH is 1. The fourth-order valence-electron chi connectivity index (χ4n) is 1.25. The monoisotopic (exact) mass is 280 g/mol. The van der Waals surface area contributed by atoms with E-state index in [1.54, 1.807) is 0 Å². The van der Waals surface area contributed by atoms with Crippen LogP contribution in [0.5, 0.6) is 0 Å². The smallest absolute Gasteiger partial charge is 0.335 e. The molecule has 0 aromatic heterocycles. The predicted molar refractivity (Wildman–Crippen MR) is 67.7 cm³/mol. The third kappa shape index (κ3) is 11.6. The summed E-state index contributed by atoms with van der Waals surface area (Å²) in [7, 11) is 0. The number of carbonyl (C=O) groups is 2. The quantitative estimate of drug-likeness (QED) is 0.450. The minimum Gasteiger partial charge on any atom is -0.481 e. The highest BCUT2D eigenvalue weighted by atomic mass is 16.4. The van der Waals surface area contributed by atoms with Crippen LogP contribution in [-0.4, -0.2) is 55.3 Å². The van der Waals surface area contributed by atoms with Crippen molar-refractivity contribution in [2.45, 2.75) is 57.7 Å². The van der Waals surface area contributed by atoms with Crippen molar-refractivity contribution in [1.82, 2.24) is 0 Å². The zero-order valence-corrected chi connectivity index (χ0v) is 11.6. The molecule has 0 heterocycles. The van der Waals surface area contributed by atoms with Gasteiger partial charge in [-0.1, -0.05) is 13.3 Å². The average molecular weight is 280 g/mol. The van der Waals surface area contributed by atoms with Crippen molar-refractivity contribution in [1.29, 1.82) is 0 Å². The Labute approximate surface area is 112 Å². The maximum Gasteiger partial charge on any atom is 0.335 e. The van der Waals surface area contributed by atoms with Gasteiger partial charge in [0, 0.05) is 6.61 Å². The van der Waals surface area contributed by atoms with E-state index < -0.39 is 23.1 Å². The minimum atomic E-state index is -1.53. The standard InChI is InChI=1S/C6H12O4.C6H12O3/c1-6(10,2-3-7)4-5(8)9;1-3-4-6(2,9)5(7)8/h7,10H,2-4H2,1H3,(H,8,9);9H,3-4H2,1-2H3,(H,7,8)/t6-;/m1./s1. The topological polar surface area (TPSA) is 135 Å². The Kier molecular flexibility index (Phi) is 9.37. The van der Waals surface area contributed by atoms with Gasteiger partial charge in [-0.2, -0.15) is 0 Å². The molecule has 19 heavy (non-hydrogen) atoms. The highest BCUT2D eigenvalue weighted by Crippen LogP contribution is 2.12. The summed E-state index contributed by atoms with van der Waals surface area (Å²) in [4.78, 5) is 20.2. The van der Waals surface area contributed by atoms with Crippen molar-refractivity contribution >= 4 is 11.9 Å². The highest BCUT2D eigenvalue weighted by Gasteiger charge is 2.27. The van der Waals surface area contributed by atoms with E-state index in [0.29, 0.717) is 12.8 Å². The number of hydrogen-bond donors (Lipinski definition) is 5. The first kappa shape index (κ1) is 20.1. The van der Waals surface area contributed by atoms with Gasteiger partial charge in [0.05, 0.1) is 12.0 Å². The Morgan fingerprint density at radius 3 is 1.74 bits per heavy atom. The Morgan fingerprint density at radius 1 is 1.05 bits per heavy atom. The number of hydrogen-bond acceptors (Lipinski definition) is 5. The fraction of sp³-hybridized carbons (Fsp3) is 0.833. The summed E-state index contributed by atoms with van der Waals surface area (Å²) >= 11 is 0. The molecular formula is C12H24O7. The molecule has 0 aromatic carbocycles. The van der Waals surface area contributed by atoms with E-state index in [4.69, 9.17) is 25.5 Å². The van der Waals surface area contributed by atoms with Crippen LogP contribution in [0.1, 0.15) is 46.5 Å². The van der Waals surface area contributed by atoms with E-state index in [-0.39, 0.29) is 19.4 Å². The Hall–Kier alpha value is -1.18. The molecule has 2 atom stereocenters. The van der Waals surface area contributed by atoms with E-state index >= 15 is 0 Å². The summed E-state index contributed by atoms with van der Waals surface area (Å²) in [5, 5.41) is 43.1. The van der Waals surface area contributed by atoms with E-state index in [0.717, 1.165) is 0 Å². The lowest BCUT2D eigenvalue weighted by molar-refractivity contribution is -0.157. The van der Waals surface area contributed by atoms with Crippen LogP contribution in [0.3, 0.4) is 0 Å². The second-order valence-electron chi connectivity index (χ2n) is 4.87. The number of aliphatic carboxylic acids is 2. The first-order valence-electron chi connectivity index (χ1n) is 5.99. The largest absolute Gasteiger partial charge is 0.481 e. The first-order chi connectivity index (χ1) is 8.48. The van der Waals surface area contributed by atoms with Crippen molar-refractivity contribution in [3.63, 3.8) is 0 Å². The lowest BCUT2D eigenvalue weighted by atomic mass is 9.99. The molecule has 0 aromatic rings. The molecule has 5 N–H and O–H groups in total. The van der Waals surface area contributed by atoms with E-state index in [2.05, 4.69) is 0 Å². The third-order valence-corrected chi connectivity index (χ3v) is 2.38. The van der Waals surface area contributed by atoms with Gasteiger partial charge in [-0.3, -0.25) is 4.79 Å². The van der Waals surface area contributed by atoms with Crippen LogP contribution in [0.2, 0.25) is 0 Å². The maximum absolute atomic E-state index is 10.2. The molecule has 0 aliphatic rings. The highest BCUT2D eigenvalue weighted by molar-refractivity contribution is 5.76. The summed E-state index contributed by atoms with van der Waals surface area (Å²) in [6.45, 7) is 4.33. The summed E-state index contributed by atoms with van der Waals surface area (Å²) in [6, 6.07) is 0. The summed E-state index contributed by atoms with van der Waals surface area (Å²) in [6.07, 6.45) is 0.758. The molecule has 0 amide bonds. The van der Waals surface area contributed by atoms with Gasteiger partial charge in [0.25, 0.3) is 0 Å². The average Bonchev–Trinajstić information content (AvgIpc) is 2.15. The predicted octanol–water partition coefficient (Wildman–Crippen LogP) is 0.217. The van der Waals surface area contributed by atoms with Gasteiger partial charge in [0.15, 0.2) is 5.60 Å². The summed E-state index contributed by atoms with van der Waals surface area (Å²) in [5.74, 6) is -2.21. The molecule has 0 aliphatic carbocycles. The van der Waals surface area contributed by atoms with Crippen molar-refractivity contribution in [2.75, 3.05) is 6.61 Å². The molecule has 7 heteroatoms. The molecule has 0 fully saturated rings. The van der Waals surface area contributed by atoms with Crippen LogP contribution >= 0.6 is 0 Å². The maximum atomic E-state index is 10.2. The third-order valence-electron chi connectivity index (χ3n) is 2.38. The van der Waals surface area contributed by atoms with Gasteiger partial charge in [0.1, 0.15) is 0 Å². The minimum absolute atomic E-state index is 0.0965. The summed E-state index contributed by atoms with van der Waals surface area (Å²) < 4.78 is 0. The molecule has 0 spiro atoms. The van der Waals surface area contributed by atoms with Gasteiger partial charge < -0.3 is 25.5 Å². The van der Waals surface area contributed by atoms with Crippen LogP contribution < -0.4 is 0 Å². The molecule has 0 bridgehead atoms. The number of carboxylic acids is 2. The second-order valence-corrected chi connectivity index (χ2v) is 4.87. The Morgan fingerprint density at radius 2 is 1.53 bits per heavy atom. The lowest BCUT2D eigenvalue weighted by Gasteiger charge is -2.18. The normalized spacial score (nSPS) is 16.5. The zero-order chi connectivity index (χ0) is 15.7. The van der Waals surface area contributed by atoms with E-state index in [1.165, 1.54) is 13.8 Å². The molecular weight excluding hydrogens is 256 g/mol. The molecule has 0 saturated heterocycles. The fourth-order valence-corrected chi connectivity index (χ4v) is 1.25. The van der Waals surface area contributed by atoms with Crippen LogP contribution in [-0.2, 0) is 9.59 Å². The molecule has 0 saturated carbocycles. The van der Waals surface area contributed by atoms with Crippen LogP contribution in [0, 0.1) is 0 Å². The van der Waals surface area contributed by atoms with E-state index in [1.807, 2.05) is 6.92 Å². The summed E-state index contributed by atoms with van der Waals surface area (Å²) in [5.41, 5.74) is -2.81. The van der Waals surface area contributed by atoms with E-state index in [9.17, 15) is 9.59 Å². The van der Waals surface area contributed by atoms with Gasteiger partial charge in [-0.15, -0.1) is 0 Å². The van der Waals surface area contributed by atoms with Crippen LogP contribution in [0.15, 0.2) is 0 Å². The first-order valence-corrected chi connectivity index (χ1v) is 5.99. The van der Waals surface area contributed by atoms with Crippen molar-refractivity contribution in [2.24, 2.45) is 0 Å². The number of aliphatic hydroxyl groups is 3. The SMILES string of the molecule is CCCC(C)(O)C(=O)O.C[C@@](O)(CCO)CC(=O)O. The lowest BCUT2D eigenvalue weighted by Crippen LogP contribution is -2.34. The van der Waals surface area contributed by atoms with Gasteiger partial charge in [-0.25, -0.2) is 4.79 Å². The van der Waals surface area contributed by atoms with Crippen LogP contribution in [0.4, 0.5) is 0 Å². The molecule has 0 radical (unpaired) electrons. The molecule has 114 valence electrons. The Balaban J connectivity index is 0. The van der Waals surface area contributed by atoms with Crippen molar-refractivity contribution in [3.8, 4) is 0 Å². The molecule has 0 aliphatic heterocycles. The molecule has 7 nitrogen and oxygen atoms in total. The zero-order valence-electron chi connectivity index (χ0n) is 11.6. The molecule has 0 rings (SSSR count). The second kappa shape index (κ2) is 8.84. The van der Waals surface area contributed by atoms with Gasteiger partial charge in [0.2, 0.25) is 0 Å².